The summed E-state index contributed by atoms with van der Waals surface area (Å²) in [4.78, 5) is 33.6. The van der Waals surface area contributed by atoms with Crippen LogP contribution in [0.4, 0.5) is 5.69 Å². The Morgan fingerprint density at radius 3 is 2.41 bits per heavy atom. The number of ether oxygens (including phenoxy) is 1. The Kier molecular flexibility index (Phi) is 7.04. The predicted molar refractivity (Wildman–Crippen MR) is 80.7 cm³/mol. The maximum Gasteiger partial charge on any atom is 0.322 e. The summed E-state index contributed by atoms with van der Waals surface area (Å²) in [6, 6.07) is 6.14. The second-order valence-electron chi connectivity index (χ2n) is 4.73. The quantitative estimate of drug-likeness (QED) is 0.670. The number of rotatable bonds is 8. The average molecular weight is 308 g/mol. The number of aliphatic carboxylic acids is 1. The lowest BCUT2D eigenvalue weighted by Crippen LogP contribution is -2.29. The lowest BCUT2D eigenvalue weighted by Gasteiger charge is -2.11. The summed E-state index contributed by atoms with van der Waals surface area (Å²) in [7, 11) is 0. The highest BCUT2D eigenvalue weighted by molar-refractivity contribution is 5.97. The molecule has 3 N–H and O–H groups in total. The van der Waals surface area contributed by atoms with Crippen molar-refractivity contribution in [3.05, 3.63) is 29.8 Å². The Hall–Kier alpha value is -2.41. The van der Waals surface area contributed by atoms with Gasteiger partial charge in [-0.3, -0.25) is 14.4 Å². The minimum absolute atomic E-state index is 0.0195. The molecule has 7 heteroatoms. The molecule has 1 aromatic rings. The molecule has 0 saturated carbocycles. The van der Waals surface area contributed by atoms with Crippen molar-refractivity contribution in [1.29, 1.82) is 0 Å². The van der Waals surface area contributed by atoms with E-state index in [2.05, 4.69) is 10.6 Å². The topological polar surface area (TPSA) is 105 Å². The van der Waals surface area contributed by atoms with Gasteiger partial charge in [-0.05, 0) is 37.6 Å². The third-order valence-electron chi connectivity index (χ3n) is 2.90. The number of hydrogen-bond donors (Lipinski definition) is 3. The molecule has 1 atom stereocenters. The van der Waals surface area contributed by atoms with Crippen molar-refractivity contribution in [1.82, 2.24) is 5.32 Å². The van der Waals surface area contributed by atoms with E-state index in [1.165, 1.54) is 12.1 Å². The first-order valence-corrected chi connectivity index (χ1v) is 6.94. The molecule has 0 aliphatic carbocycles. The third-order valence-corrected chi connectivity index (χ3v) is 2.90. The molecule has 7 nitrogen and oxygen atoms in total. The second kappa shape index (κ2) is 8.78. The van der Waals surface area contributed by atoms with Crippen LogP contribution in [0, 0.1) is 0 Å². The van der Waals surface area contributed by atoms with E-state index in [4.69, 9.17) is 9.84 Å². The van der Waals surface area contributed by atoms with E-state index in [9.17, 15) is 14.4 Å². The van der Waals surface area contributed by atoms with Crippen LogP contribution in [-0.4, -0.2) is 42.1 Å². The number of carbonyl (C=O) groups excluding carboxylic acids is 2. The van der Waals surface area contributed by atoms with Gasteiger partial charge in [-0.1, -0.05) is 6.92 Å². The number of anilines is 1. The molecular formula is C15H20N2O5. The predicted octanol–water partition coefficient (Wildman–Crippen LogP) is 1.25. The zero-order valence-electron chi connectivity index (χ0n) is 12.6. The largest absolute Gasteiger partial charge is 0.480 e. The SMILES string of the molecule is CCC(C)OCC(=O)Nc1ccc(C(=O)NCC(=O)O)cc1. The molecule has 1 unspecified atom stereocenters. The highest BCUT2D eigenvalue weighted by Crippen LogP contribution is 2.09. The zero-order chi connectivity index (χ0) is 16.5. The Morgan fingerprint density at radius 1 is 1.23 bits per heavy atom. The van der Waals surface area contributed by atoms with E-state index in [-0.39, 0.29) is 18.6 Å². The summed E-state index contributed by atoms with van der Waals surface area (Å²) >= 11 is 0. The van der Waals surface area contributed by atoms with Crippen LogP contribution >= 0.6 is 0 Å². The highest BCUT2D eigenvalue weighted by Gasteiger charge is 2.08. The van der Waals surface area contributed by atoms with Gasteiger partial charge in [0.15, 0.2) is 0 Å². The molecule has 2 amide bonds. The molecule has 0 saturated heterocycles. The second-order valence-corrected chi connectivity index (χ2v) is 4.73. The summed E-state index contributed by atoms with van der Waals surface area (Å²) in [6.45, 7) is 3.38. The fourth-order valence-corrected chi connectivity index (χ4v) is 1.50. The smallest absolute Gasteiger partial charge is 0.322 e. The highest BCUT2D eigenvalue weighted by atomic mass is 16.5. The molecule has 0 spiro atoms. The fourth-order valence-electron chi connectivity index (χ4n) is 1.50. The molecular weight excluding hydrogens is 288 g/mol. The van der Waals surface area contributed by atoms with Crippen molar-refractivity contribution in [3.63, 3.8) is 0 Å². The van der Waals surface area contributed by atoms with Crippen molar-refractivity contribution in [3.8, 4) is 0 Å². The molecule has 0 aliphatic rings. The van der Waals surface area contributed by atoms with Crippen LogP contribution in [-0.2, 0) is 14.3 Å². The van der Waals surface area contributed by atoms with Gasteiger partial charge in [0, 0.05) is 11.3 Å². The van der Waals surface area contributed by atoms with Crippen LogP contribution in [0.2, 0.25) is 0 Å². The number of hydrogen-bond acceptors (Lipinski definition) is 4. The number of carboxylic acid groups (broad SMARTS) is 1. The molecule has 0 aromatic heterocycles. The number of amides is 2. The van der Waals surface area contributed by atoms with E-state index in [1.807, 2.05) is 13.8 Å². The monoisotopic (exact) mass is 308 g/mol. The summed E-state index contributed by atoms with van der Waals surface area (Å²) < 4.78 is 5.31. The summed E-state index contributed by atoms with van der Waals surface area (Å²) in [5.74, 6) is -1.87. The number of benzene rings is 1. The third kappa shape index (κ3) is 6.36. The van der Waals surface area contributed by atoms with Gasteiger partial charge in [-0.15, -0.1) is 0 Å². The van der Waals surface area contributed by atoms with E-state index in [0.29, 0.717) is 11.3 Å². The van der Waals surface area contributed by atoms with Gasteiger partial charge in [-0.2, -0.15) is 0 Å². The summed E-state index contributed by atoms with van der Waals surface area (Å²) in [5.41, 5.74) is 0.850. The fraction of sp³-hybridized carbons (Fsp3) is 0.400. The molecule has 0 bridgehead atoms. The van der Waals surface area contributed by atoms with E-state index >= 15 is 0 Å². The van der Waals surface area contributed by atoms with Gasteiger partial charge >= 0.3 is 5.97 Å². The first-order chi connectivity index (χ1) is 10.4. The minimum Gasteiger partial charge on any atom is -0.480 e. The maximum atomic E-state index is 11.6. The maximum absolute atomic E-state index is 11.6. The van der Waals surface area contributed by atoms with Crippen LogP contribution in [0.3, 0.4) is 0 Å². The van der Waals surface area contributed by atoms with Crippen molar-refractivity contribution in [2.24, 2.45) is 0 Å². The Morgan fingerprint density at radius 2 is 1.86 bits per heavy atom. The van der Waals surface area contributed by atoms with Gasteiger partial charge < -0.3 is 20.5 Å². The molecule has 0 heterocycles. The van der Waals surface area contributed by atoms with Gasteiger partial charge in [-0.25, -0.2) is 0 Å². The van der Waals surface area contributed by atoms with Crippen LogP contribution in [0.15, 0.2) is 24.3 Å². The molecule has 0 fully saturated rings. The Labute approximate surface area is 128 Å². The van der Waals surface area contributed by atoms with Gasteiger partial charge in [0.2, 0.25) is 5.91 Å². The standard InChI is InChI=1S/C15H20N2O5/c1-3-10(2)22-9-13(18)17-12-6-4-11(5-7-12)15(21)16-8-14(19)20/h4-7,10H,3,8-9H2,1-2H3,(H,16,21)(H,17,18)(H,19,20). The van der Waals surface area contributed by atoms with E-state index in [1.54, 1.807) is 12.1 Å². The molecule has 0 radical (unpaired) electrons. The van der Waals surface area contributed by atoms with Crippen LogP contribution in [0.5, 0.6) is 0 Å². The van der Waals surface area contributed by atoms with Crippen molar-refractivity contribution < 1.29 is 24.2 Å². The Balaban J connectivity index is 2.49. The average Bonchev–Trinajstić information content (AvgIpc) is 2.50. The molecule has 0 aliphatic heterocycles. The summed E-state index contributed by atoms with van der Waals surface area (Å²) in [5, 5.41) is 13.4. The molecule has 1 aromatic carbocycles. The van der Waals surface area contributed by atoms with Crippen molar-refractivity contribution in [2.75, 3.05) is 18.5 Å². The zero-order valence-corrected chi connectivity index (χ0v) is 12.6. The summed E-state index contributed by atoms with van der Waals surface area (Å²) in [6.07, 6.45) is 0.846. The first-order valence-electron chi connectivity index (χ1n) is 6.94. The van der Waals surface area contributed by atoms with Gasteiger partial charge in [0.25, 0.3) is 5.91 Å². The minimum atomic E-state index is -1.11. The molecule has 22 heavy (non-hydrogen) atoms. The van der Waals surface area contributed by atoms with E-state index < -0.39 is 18.4 Å². The number of nitrogens with one attached hydrogen (secondary N) is 2. The van der Waals surface area contributed by atoms with Crippen molar-refractivity contribution >= 4 is 23.5 Å². The number of carbonyl (C=O) groups is 3. The van der Waals surface area contributed by atoms with Crippen LogP contribution in [0.1, 0.15) is 30.6 Å². The lowest BCUT2D eigenvalue weighted by molar-refractivity contribution is -0.135. The van der Waals surface area contributed by atoms with Gasteiger partial charge in [0.1, 0.15) is 13.2 Å². The normalized spacial score (nSPS) is 11.5. The van der Waals surface area contributed by atoms with E-state index in [0.717, 1.165) is 6.42 Å². The van der Waals surface area contributed by atoms with Crippen LogP contribution < -0.4 is 10.6 Å². The van der Waals surface area contributed by atoms with Crippen LogP contribution in [0.25, 0.3) is 0 Å². The molecule has 120 valence electrons. The van der Waals surface area contributed by atoms with Crippen molar-refractivity contribution in [2.45, 2.75) is 26.4 Å². The lowest BCUT2D eigenvalue weighted by atomic mass is 10.2. The Bertz CT molecular complexity index is 527. The molecule has 1 rings (SSSR count). The van der Waals surface area contributed by atoms with Gasteiger partial charge in [0.05, 0.1) is 6.10 Å². The number of carboxylic acids is 1. The first kappa shape index (κ1) is 17.6.